The third kappa shape index (κ3) is 2.91. The van der Waals surface area contributed by atoms with Crippen molar-refractivity contribution >= 4 is 17.0 Å². The molecule has 2 rings (SSSR count). The number of benzene rings is 1. The van der Waals surface area contributed by atoms with E-state index in [0.29, 0.717) is 0 Å². The van der Waals surface area contributed by atoms with Gasteiger partial charge in [-0.15, -0.1) is 11.3 Å². The molecule has 0 unspecified atom stereocenters. The van der Waals surface area contributed by atoms with E-state index in [1.165, 1.54) is 16.8 Å². The highest BCUT2D eigenvalue weighted by molar-refractivity contribution is 7.09. The van der Waals surface area contributed by atoms with Gasteiger partial charge in [0.1, 0.15) is 0 Å². The number of nitrogens with zero attached hydrogens (tertiary/aromatic N) is 1. The molecule has 0 atom stereocenters. The third-order valence-electron chi connectivity index (χ3n) is 3.04. The van der Waals surface area contributed by atoms with Crippen molar-refractivity contribution < 1.29 is 0 Å². The van der Waals surface area contributed by atoms with Crippen LogP contribution in [-0.4, -0.2) is 4.98 Å². The molecule has 1 heterocycles. The number of aromatic nitrogens is 1. The lowest BCUT2D eigenvalue weighted by atomic mass is 9.93. The van der Waals surface area contributed by atoms with E-state index in [4.69, 9.17) is 10.7 Å². The molecule has 2 aromatic rings. The summed E-state index contributed by atoms with van der Waals surface area (Å²) in [5.41, 5.74) is 10.5. The van der Waals surface area contributed by atoms with Crippen molar-refractivity contribution in [1.82, 2.24) is 4.98 Å². The number of hydrogen-bond donors (Lipinski definition) is 1. The minimum Gasteiger partial charge on any atom is -0.399 e. The summed E-state index contributed by atoms with van der Waals surface area (Å²) in [5, 5.41) is 3.32. The van der Waals surface area contributed by atoms with Crippen LogP contribution in [0.5, 0.6) is 0 Å². The molecule has 0 amide bonds. The fraction of sp³-hybridized carbons (Fsp3) is 0.400. The Hall–Kier alpha value is -1.35. The van der Waals surface area contributed by atoms with Gasteiger partial charge in [0.15, 0.2) is 0 Å². The fourth-order valence-electron chi connectivity index (χ4n) is 1.78. The molecule has 0 aliphatic heterocycles. The highest BCUT2D eigenvalue weighted by atomic mass is 32.1. The average Bonchev–Trinajstić information content (AvgIpc) is 2.71. The van der Waals surface area contributed by atoms with E-state index in [2.05, 4.69) is 39.1 Å². The van der Waals surface area contributed by atoms with E-state index < -0.39 is 0 Å². The zero-order valence-electron chi connectivity index (χ0n) is 11.4. The summed E-state index contributed by atoms with van der Waals surface area (Å²) in [6, 6.07) is 6.07. The van der Waals surface area contributed by atoms with Gasteiger partial charge in [-0.05, 0) is 30.2 Å². The van der Waals surface area contributed by atoms with Crippen LogP contribution in [0, 0.1) is 6.92 Å². The molecule has 0 saturated carbocycles. The van der Waals surface area contributed by atoms with Crippen molar-refractivity contribution in [2.75, 3.05) is 5.73 Å². The normalized spacial score (nSPS) is 11.8. The fourth-order valence-corrected chi connectivity index (χ4v) is 2.83. The Labute approximate surface area is 113 Å². The molecule has 3 heteroatoms. The SMILES string of the molecule is Cc1ccc(N)cc1Cc1nc(C(C)(C)C)cs1. The van der Waals surface area contributed by atoms with Crippen molar-refractivity contribution in [3.05, 3.63) is 45.4 Å². The molecule has 96 valence electrons. The lowest BCUT2D eigenvalue weighted by Gasteiger charge is -2.14. The van der Waals surface area contributed by atoms with Gasteiger partial charge in [0.2, 0.25) is 0 Å². The first-order chi connectivity index (χ1) is 8.36. The molecule has 2 N–H and O–H groups in total. The van der Waals surface area contributed by atoms with Crippen LogP contribution in [0.3, 0.4) is 0 Å². The first-order valence-electron chi connectivity index (χ1n) is 6.16. The van der Waals surface area contributed by atoms with Gasteiger partial charge in [0.25, 0.3) is 0 Å². The summed E-state index contributed by atoms with van der Waals surface area (Å²) >= 11 is 1.73. The predicted octanol–water partition coefficient (Wildman–Crippen LogP) is 3.92. The number of nitrogens with two attached hydrogens (primary N) is 1. The number of anilines is 1. The van der Waals surface area contributed by atoms with E-state index in [1.54, 1.807) is 11.3 Å². The van der Waals surface area contributed by atoms with Crippen molar-refractivity contribution in [3.8, 4) is 0 Å². The zero-order valence-corrected chi connectivity index (χ0v) is 12.3. The minimum absolute atomic E-state index is 0.125. The summed E-state index contributed by atoms with van der Waals surface area (Å²) in [6.45, 7) is 8.69. The van der Waals surface area contributed by atoms with E-state index in [0.717, 1.165) is 17.1 Å². The Kier molecular flexibility index (Phi) is 3.44. The van der Waals surface area contributed by atoms with Crippen molar-refractivity contribution in [1.29, 1.82) is 0 Å². The summed E-state index contributed by atoms with van der Waals surface area (Å²) in [6.07, 6.45) is 0.873. The molecular weight excluding hydrogens is 240 g/mol. The van der Waals surface area contributed by atoms with Crippen LogP contribution in [0.2, 0.25) is 0 Å². The average molecular weight is 260 g/mol. The van der Waals surface area contributed by atoms with Crippen molar-refractivity contribution in [2.45, 2.75) is 39.5 Å². The molecule has 18 heavy (non-hydrogen) atoms. The third-order valence-corrected chi connectivity index (χ3v) is 3.88. The summed E-state index contributed by atoms with van der Waals surface area (Å²) in [5.74, 6) is 0. The molecule has 0 aliphatic rings. The Morgan fingerprint density at radius 2 is 2.00 bits per heavy atom. The van der Waals surface area contributed by atoms with Crippen LogP contribution in [0.25, 0.3) is 0 Å². The quantitative estimate of drug-likeness (QED) is 0.831. The Bertz CT molecular complexity index is 550. The Balaban J connectivity index is 2.24. The lowest BCUT2D eigenvalue weighted by molar-refractivity contribution is 0.571. The summed E-state index contributed by atoms with van der Waals surface area (Å²) in [7, 11) is 0. The monoisotopic (exact) mass is 260 g/mol. The number of hydrogen-bond acceptors (Lipinski definition) is 3. The molecule has 0 fully saturated rings. The highest BCUT2D eigenvalue weighted by Crippen LogP contribution is 2.26. The van der Waals surface area contributed by atoms with Gasteiger partial charge in [0.05, 0.1) is 10.7 Å². The minimum atomic E-state index is 0.125. The van der Waals surface area contributed by atoms with Crippen LogP contribution >= 0.6 is 11.3 Å². The molecule has 0 aliphatic carbocycles. The zero-order chi connectivity index (χ0) is 13.3. The maximum atomic E-state index is 5.84. The molecule has 2 nitrogen and oxygen atoms in total. The van der Waals surface area contributed by atoms with Gasteiger partial charge in [-0.25, -0.2) is 4.98 Å². The van der Waals surface area contributed by atoms with E-state index >= 15 is 0 Å². The van der Waals surface area contributed by atoms with Gasteiger partial charge in [-0.3, -0.25) is 0 Å². The number of nitrogen functional groups attached to an aromatic ring is 1. The smallest absolute Gasteiger partial charge is 0.0972 e. The molecular formula is C15H20N2S. The molecule has 1 aromatic carbocycles. The maximum absolute atomic E-state index is 5.84. The van der Waals surface area contributed by atoms with Crippen LogP contribution in [0.1, 0.15) is 42.6 Å². The summed E-state index contributed by atoms with van der Waals surface area (Å²) in [4.78, 5) is 4.73. The molecule has 0 radical (unpaired) electrons. The standard InChI is InChI=1S/C15H20N2S/c1-10-5-6-12(16)7-11(10)8-14-17-13(9-18-14)15(2,3)4/h5-7,9H,8,16H2,1-4H3. The summed E-state index contributed by atoms with van der Waals surface area (Å²) < 4.78 is 0. The number of rotatable bonds is 2. The second-order valence-corrected chi connectivity index (χ2v) is 6.68. The van der Waals surface area contributed by atoms with Gasteiger partial charge in [-0.2, -0.15) is 0 Å². The van der Waals surface area contributed by atoms with Gasteiger partial charge < -0.3 is 5.73 Å². The molecule has 1 aromatic heterocycles. The molecule has 0 spiro atoms. The first kappa shape index (κ1) is 13.1. The van der Waals surface area contributed by atoms with Crippen LogP contribution in [0.4, 0.5) is 5.69 Å². The Morgan fingerprint density at radius 1 is 1.28 bits per heavy atom. The maximum Gasteiger partial charge on any atom is 0.0972 e. The second-order valence-electron chi connectivity index (χ2n) is 5.74. The Morgan fingerprint density at radius 3 is 2.61 bits per heavy atom. The largest absolute Gasteiger partial charge is 0.399 e. The topological polar surface area (TPSA) is 38.9 Å². The van der Waals surface area contributed by atoms with Gasteiger partial charge in [-0.1, -0.05) is 26.8 Å². The van der Waals surface area contributed by atoms with Gasteiger partial charge >= 0.3 is 0 Å². The second kappa shape index (κ2) is 4.73. The van der Waals surface area contributed by atoms with E-state index in [9.17, 15) is 0 Å². The highest BCUT2D eigenvalue weighted by Gasteiger charge is 2.17. The molecule has 0 bridgehead atoms. The van der Waals surface area contributed by atoms with E-state index in [-0.39, 0.29) is 5.41 Å². The predicted molar refractivity (Wildman–Crippen MR) is 79.2 cm³/mol. The first-order valence-corrected chi connectivity index (χ1v) is 7.04. The van der Waals surface area contributed by atoms with Crippen LogP contribution in [0.15, 0.2) is 23.6 Å². The van der Waals surface area contributed by atoms with Crippen LogP contribution in [-0.2, 0) is 11.8 Å². The number of aryl methyl sites for hydroxylation is 1. The van der Waals surface area contributed by atoms with Gasteiger partial charge in [0, 0.05) is 22.9 Å². The van der Waals surface area contributed by atoms with Crippen molar-refractivity contribution in [2.24, 2.45) is 0 Å². The van der Waals surface area contributed by atoms with E-state index in [1.807, 2.05) is 12.1 Å². The molecule has 0 saturated heterocycles. The lowest BCUT2D eigenvalue weighted by Crippen LogP contribution is -2.11. The van der Waals surface area contributed by atoms with Crippen LogP contribution < -0.4 is 5.73 Å². The number of thiazole rings is 1. The van der Waals surface area contributed by atoms with Crippen molar-refractivity contribution in [3.63, 3.8) is 0 Å².